The van der Waals surface area contributed by atoms with Crippen LogP contribution in [0.2, 0.25) is 0 Å². The molecule has 0 amide bonds. The van der Waals surface area contributed by atoms with Gasteiger partial charge >= 0.3 is 5.97 Å². The first-order valence-electron chi connectivity index (χ1n) is 5.22. The Morgan fingerprint density at radius 2 is 2.00 bits per heavy atom. The van der Waals surface area contributed by atoms with Gasteiger partial charge in [0.15, 0.2) is 5.85 Å². The maximum Gasteiger partial charge on any atom is 0.306 e. The first kappa shape index (κ1) is 12.3. The Bertz CT molecular complexity index is 458. The van der Waals surface area contributed by atoms with Crippen LogP contribution in [-0.2, 0) is 14.1 Å². The molecule has 3 atom stereocenters. The van der Waals surface area contributed by atoms with Gasteiger partial charge in [0.1, 0.15) is 6.61 Å². The van der Waals surface area contributed by atoms with Gasteiger partial charge in [-0.1, -0.05) is 30.3 Å². The summed E-state index contributed by atoms with van der Waals surface area (Å²) in [6.45, 7) is -0.101. The Morgan fingerprint density at radius 1 is 1.35 bits per heavy atom. The SMILES string of the molecule is O=C1C[C@@H](P(=O)(O)[C@@H](O)c2ccccc2)CO1. The molecule has 1 heterocycles. The van der Waals surface area contributed by atoms with E-state index in [0.717, 1.165) is 0 Å². The number of hydrogen-bond acceptors (Lipinski definition) is 4. The quantitative estimate of drug-likeness (QED) is 0.628. The van der Waals surface area contributed by atoms with Crippen LogP contribution in [0.15, 0.2) is 30.3 Å². The molecule has 17 heavy (non-hydrogen) atoms. The van der Waals surface area contributed by atoms with Crippen LogP contribution in [0, 0.1) is 0 Å². The maximum absolute atomic E-state index is 12.1. The van der Waals surface area contributed by atoms with Gasteiger partial charge in [0.2, 0.25) is 7.37 Å². The molecule has 0 bridgehead atoms. The molecule has 0 spiro atoms. The Morgan fingerprint density at radius 3 is 2.53 bits per heavy atom. The van der Waals surface area contributed by atoms with Crippen LogP contribution in [0.25, 0.3) is 0 Å². The van der Waals surface area contributed by atoms with E-state index >= 15 is 0 Å². The molecule has 0 saturated carbocycles. The zero-order chi connectivity index (χ0) is 12.5. The van der Waals surface area contributed by atoms with Gasteiger partial charge in [-0.2, -0.15) is 0 Å². The number of ether oxygens (including phenoxy) is 1. The number of carbonyl (C=O) groups is 1. The average molecular weight is 256 g/mol. The van der Waals surface area contributed by atoms with E-state index in [-0.39, 0.29) is 13.0 Å². The van der Waals surface area contributed by atoms with Crippen molar-refractivity contribution in [2.24, 2.45) is 0 Å². The summed E-state index contributed by atoms with van der Waals surface area (Å²) in [7, 11) is -3.88. The molecule has 2 N–H and O–H groups in total. The Kier molecular flexibility index (Phi) is 3.33. The number of hydrogen-bond donors (Lipinski definition) is 2. The molecule has 1 aliphatic heterocycles. The minimum atomic E-state index is -3.88. The minimum Gasteiger partial charge on any atom is -0.465 e. The standard InChI is InChI=1S/C11H13O5P/c12-10-6-9(7-16-10)17(14,15)11(13)8-4-2-1-3-5-8/h1-5,9,11,13H,6-7H2,(H,14,15)/t9-,11-/m1/s1. The summed E-state index contributed by atoms with van der Waals surface area (Å²) in [5, 5.41) is 9.91. The first-order valence-corrected chi connectivity index (χ1v) is 7.02. The highest BCUT2D eigenvalue weighted by Gasteiger charge is 2.44. The molecule has 1 aromatic carbocycles. The predicted octanol–water partition coefficient (Wildman–Crippen LogP) is 1.26. The van der Waals surface area contributed by atoms with E-state index in [9.17, 15) is 19.4 Å². The monoisotopic (exact) mass is 256 g/mol. The molecule has 1 aromatic rings. The average Bonchev–Trinajstić information content (AvgIpc) is 2.77. The molecule has 6 heteroatoms. The molecule has 1 fully saturated rings. The molecule has 2 rings (SSSR count). The Labute approximate surface area is 98.5 Å². The van der Waals surface area contributed by atoms with Crippen LogP contribution in [0.5, 0.6) is 0 Å². The van der Waals surface area contributed by atoms with Crippen LogP contribution in [-0.4, -0.2) is 28.2 Å². The second-order valence-electron chi connectivity index (χ2n) is 4.00. The van der Waals surface area contributed by atoms with Crippen LogP contribution in [0.3, 0.4) is 0 Å². The van der Waals surface area contributed by atoms with Gasteiger partial charge in [-0.15, -0.1) is 0 Å². The van der Waals surface area contributed by atoms with Gasteiger partial charge < -0.3 is 14.7 Å². The molecular weight excluding hydrogens is 243 g/mol. The predicted molar refractivity (Wildman–Crippen MR) is 60.6 cm³/mol. The van der Waals surface area contributed by atoms with E-state index in [1.807, 2.05) is 0 Å². The van der Waals surface area contributed by atoms with E-state index in [1.165, 1.54) is 0 Å². The molecule has 0 aliphatic carbocycles. The fourth-order valence-corrected chi connectivity index (χ4v) is 3.47. The zero-order valence-electron chi connectivity index (χ0n) is 9.02. The summed E-state index contributed by atoms with van der Waals surface area (Å²) in [4.78, 5) is 20.9. The van der Waals surface area contributed by atoms with Gasteiger partial charge in [0, 0.05) is 0 Å². The molecule has 1 unspecified atom stereocenters. The van der Waals surface area contributed by atoms with E-state index in [4.69, 9.17) is 0 Å². The summed E-state index contributed by atoms with van der Waals surface area (Å²) >= 11 is 0. The van der Waals surface area contributed by atoms with Crippen molar-refractivity contribution in [2.45, 2.75) is 17.9 Å². The number of aliphatic hydroxyl groups is 1. The topological polar surface area (TPSA) is 83.8 Å². The van der Waals surface area contributed by atoms with Crippen molar-refractivity contribution in [1.29, 1.82) is 0 Å². The van der Waals surface area contributed by atoms with Gasteiger partial charge in [0.05, 0.1) is 12.1 Å². The van der Waals surface area contributed by atoms with E-state index in [2.05, 4.69) is 4.74 Å². The number of aliphatic hydroxyl groups excluding tert-OH is 1. The number of cyclic esters (lactones) is 1. The first-order chi connectivity index (χ1) is 8.01. The molecular formula is C11H13O5P. The second kappa shape index (κ2) is 4.61. The fraction of sp³-hybridized carbons (Fsp3) is 0.364. The molecule has 5 nitrogen and oxygen atoms in total. The number of carbonyl (C=O) groups excluding carboxylic acids is 1. The minimum absolute atomic E-state index is 0.101. The lowest BCUT2D eigenvalue weighted by Crippen LogP contribution is -2.13. The van der Waals surface area contributed by atoms with Crippen molar-refractivity contribution in [3.8, 4) is 0 Å². The van der Waals surface area contributed by atoms with Gasteiger partial charge in [-0.3, -0.25) is 9.36 Å². The highest BCUT2D eigenvalue weighted by molar-refractivity contribution is 7.59. The highest BCUT2D eigenvalue weighted by atomic mass is 31.2. The molecule has 1 aliphatic rings. The third-order valence-corrected chi connectivity index (χ3v) is 5.19. The third kappa shape index (κ3) is 2.41. The van der Waals surface area contributed by atoms with Gasteiger partial charge in [-0.05, 0) is 5.56 Å². The number of esters is 1. The molecule has 1 saturated heterocycles. The number of benzene rings is 1. The third-order valence-electron chi connectivity index (χ3n) is 2.81. The largest absolute Gasteiger partial charge is 0.465 e. The van der Waals surface area contributed by atoms with E-state index in [1.54, 1.807) is 30.3 Å². The molecule has 92 valence electrons. The van der Waals surface area contributed by atoms with Crippen LogP contribution in [0.1, 0.15) is 17.8 Å². The Balaban J connectivity index is 2.21. The van der Waals surface area contributed by atoms with Crippen molar-refractivity contribution in [3.05, 3.63) is 35.9 Å². The van der Waals surface area contributed by atoms with Gasteiger partial charge in [0.25, 0.3) is 0 Å². The normalized spacial score (nSPS) is 25.1. The van der Waals surface area contributed by atoms with E-state index in [0.29, 0.717) is 5.56 Å². The molecule has 0 aromatic heterocycles. The van der Waals surface area contributed by atoms with Crippen molar-refractivity contribution in [3.63, 3.8) is 0 Å². The lowest BCUT2D eigenvalue weighted by atomic mass is 10.2. The summed E-state index contributed by atoms with van der Waals surface area (Å²) in [5.74, 6) is -1.97. The van der Waals surface area contributed by atoms with Crippen molar-refractivity contribution < 1.29 is 24.1 Å². The zero-order valence-corrected chi connectivity index (χ0v) is 9.92. The van der Waals surface area contributed by atoms with E-state index < -0.39 is 24.8 Å². The fourth-order valence-electron chi connectivity index (χ4n) is 1.78. The lowest BCUT2D eigenvalue weighted by molar-refractivity contribution is -0.137. The van der Waals surface area contributed by atoms with Crippen LogP contribution < -0.4 is 0 Å². The van der Waals surface area contributed by atoms with Crippen molar-refractivity contribution in [1.82, 2.24) is 0 Å². The van der Waals surface area contributed by atoms with Crippen molar-refractivity contribution in [2.75, 3.05) is 6.61 Å². The van der Waals surface area contributed by atoms with Crippen LogP contribution in [0.4, 0.5) is 0 Å². The van der Waals surface area contributed by atoms with Crippen molar-refractivity contribution >= 4 is 13.3 Å². The summed E-state index contributed by atoms with van der Waals surface area (Å²) in [6, 6.07) is 8.25. The number of rotatable bonds is 3. The Hall–Kier alpha value is -1.16. The maximum atomic E-state index is 12.1. The highest BCUT2D eigenvalue weighted by Crippen LogP contribution is 2.59. The smallest absolute Gasteiger partial charge is 0.306 e. The van der Waals surface area contributed by atoms with Crippen LogP contribution >= 0.6 is 7.37 Å². The second-order valence-corrected chi connectivity index (χ2v) is 6.56. The lowest BCUT2D eigenvalue weighted by Gasteiger charge is -2.22. The summed E-state index contributed by atoms with van der Waals surface area (Å²) in [5.41, 5.74) is -0.442. The molecule has 0 radical (unpaired) electrons. The van der Waals surface area contributed by atoms with Gasteiger partial charge in [-0.25, -0.2) is 0 Å². The summed E-state index contributed by atoms with van der Waals surface area (Å²) < 4.78 is 16.8. The summed E-state index contributed by atoms with van der Waals surface area (Å²) in [6.07, 6.45) is -0.113.